The first-order valence-electron chi connectivity index (χ1n) is 10.2. The molecule has 0 aliphatic carbocycles. The summed E-state index contributed by atoms with van der Waals surface area (Å²) in [6, 6.07) is 20.1. The summed E-state index contributed by atoms with van der Waals surface area (Å²) in [7, 11) is 0. The van der Waals surface area contributed by atoms with Gasteiger partial charge in [0, 0.05) is 19.3 Å². The van der Waals surface area contributed by atoms with Crippen LogP contribution in [0.15, 0.2) is 79.5 Å². The minimum absolute atomic E-state index is 0.510. The van der Waals surface area contributed by atoms with E-state index in [0.29, 0.717) is 26.3 Å². The van der Waals surface area contributed by atoms with E-state index in [0.717, 1.165) is 34.0 Å². The Hall–Kier alpha value is -3.71. The Morgan fingerprint density at radius 3 is 2.45 bits per heavy atom. The monoisotopic (exact) mass is 415 g/mol. The Balaban J connectivity index is 1.33. The third kappa shape index (κ3) is 5.67. The summed E-state index contributed by atoms with van der Waals surface area (Å²) in [5.41, 5.74) is 3.35. The van der Waals surface area contributed by atoms with E-state index in [1.54, 1.807) is 11.0 Å². The Morgan fingerprint density at radius 1 is 0.871 bits per heavy atom. The molecule has 0 atom stereocenters. The van der Waals surface area contributed by atoms with E-state index in [1.165, 1.54) is 6.33 Å². The molecule has 0 aliphatic rings. The van der Waals surface area contributed by atoms with Crippen molar-refractivity contribution in [3.8, 4) is 17.3 Å². The van der Waals surface area contributed by atoms with Crippen molar-refractivity contribution < 1.29 is 9.47 Å². The lowest BCUT2D eigenvalue weighted by Crippen LogP contribution is -2.13. The van der Waals surface area contributed by atoms with Crippen LogP contribution >= 0.6 is 0 Å². The summed E-state index contributed by atoms with van der Waals surface area (Å²) >= 11 is 0. The lowest BCUT2D eigenvalue weighted by atomic mass is 10.2. The van der Waals surface area contributed by atoms with Crippen molar-refractivity contribution in [2.75, 3.05) is 6.61 Å². The number of ether oxygens (including phenoxy) is 2. The van der Waals surface area contributed by atoms with Crippen molar-refractivity contribution in [2.45, 2.75) is 26.6 Å². The first-order chi connectivity index (χ1) is 15.3. The maximum absolute atomic E-state index is 5.98. The van der Waals surface area contributed by atoms with Crippen molar-refractivity contribution in [3.63, 3.8) is 0 Å². The zero-order valence-electron chi connectivity index (χ0n) is 17.4. The van der Waals surface area contributed by atoms with Gasteiger partial charge >= 0.3 is 0 Å². The fraction of sp³-hybridized carbons (Fsp3) is 0.208. The summed E-state index contributed by atoms with van der Waals surface area (Å²) < 4.78 is 13.4. The molecular weight excluding hydrogens is 390 g/mol. The number of rotatable bonds is 10. The molecule has 2 aromatic heterocycles. The molecule has 0 radical (unpaired) electrons. The van der Waals surface area contributed by atoms with Crippen LogP contribution in [0.3, 0.4) is 0 Å². The average Bonchev–Trinajstić information content (AvgIpc) is 3.35. The quantitative estimate of drug-likeness (QED) is 0.423. The van der Waals surface area contributed by atoms with Crippen molar-refractivity contribution in [1.29, 1.82) is 0 Å². The number of aromatic nitrogens is 4. The molecule has 0 fully saturated rings. The molecule has 0 amide bonds. The predicted molar refractivity (Wildman–Crippen MR) is 118 cm³/mol. The van der Waals surface area contributed by atoms with E-state index in [4.69, 9.17) is 9.47 Å². The van der Waals surface area contributed by atoms with E-state index < -0.39 is 0 Å². The molecule has 7 nitrogen and oxygen atoms in total. The van der Waals surface area contributed by atoms with Crippen LogP contribution in [0.4, 0.5) is 0 Å². The summed E-state index contributed by atoms with van der Waals surface area (Å²) in [4.78, 5) is 8.36. The Bertz CT molecular complexity index is 1070. The largest absolute Gasteiger partial charge is 0.490 e. The minimum atomic E-state index is 0.510. The summed E-state index contributed by atoms with van der Waals surface area (Å²) in [5, 5.41) is 7.53. The number of hydrogen-bond donors (Lipinski definition) is 1. The van der Waals surface area contributed by atoms with Crippen LogP contribution in [-0.4, -0.2) is 26.4 Å². The Kier molecular flexibility index (Phi) is 6.87. The molecule has 7 heteroatoms. The van der Waals surface area contributed by atoms with E-state index in [-0.39, 0.29) is 0 Å². The second kappa shape index (κ2) is 10.4. The Morgan fingerprint density at radius 2 is 1.71 bits per heavy atom. The maximum Gasteiger partial charge on any atom is 0.161 e. The highest BCUT2D eigenvalue weighted by Gasteiger charge is 2.07. The zero-order chi connectivity index (χ0) is 21.3. The smallest absolute Gasteiger partial charge is 0.161 e. The van der Waals surface area contributed by atoms with Crippen molar-refractivity contribution >= 4 is 0 Å². The van der Waals surface area contributed by atoms with E-state index in [9.17, 15) is 0 Å². The standard InChI is InChI=1S/C24H25N5O2/c1-2-30-23-12-20(8-10-22(23)31-16-19-6-4-3-5-7-19)13-25-14-21-9-11-24(27-15-21)29-18-26-17-28-29/h3-12,15,17-18,25H,2,13-14,16H2,1H3. The van der Waals surface area contributed by atoms with Gasteiger partial charge in [-0.05, 0) is 41.8 Å². The summed E-state index contributed by atoms with van der Waals surface area (Å²) in [6.45, 7) is 4.49. The average molecular weight is 415 g/mol. The van der Waals surface area contributed by atoms with E-state index in [2.05, 4.69) is 26.4 Å². The molecule has 0 aliphatic heterocycles. The van der Waals surface area contributed by atoms with Gasteiger partial charge in [-0.3, -0.25) is 0 Å². The van der Waals surface area contributed by atoms with Crippen LogP contribution in [0, 0.1) is 0 Å². The van der Waals surface area contributed by atoms with Gasteiger partial charge in [-0.25, -0.2) is 14.6 Å². The van der Waals surface area contributed by atoms with Gasteiger partial charge in [-0.15, -0.1) is 0 Å². The molecule has 0 saturated carbocycles. The Labute approximate surface area is 181 Å². The third-order valence-electron chi connectivity index (χ3n) is 4.67. The molecule has 0 unspecified atom stereocenters. The lowest BCUT2D eigenvalue weighted by Gasteiger charge is -2.14. The minimum Gasteiger partial charge on any atom is -0.490 e. The molecule has 31 heavy (non-hydrogen) atoms. The molecule has 0 bridgehead atoms. The molecule has 2 aromatic carbocycles. The van der Waals surface area contributed by atoms with Crippen molar-refractivity contribution in [3.05, 3.63) is 96.2 Å². The van der Waals surface area contributed by atoms with Crippen LogP contribution in [0.5, 0.6) is 11.5 Å². The van der Waals surface area contributed by atoms with Gasteiger partial charge in [-0.1, -0.05) is 42.5 Å². The van der Waals surface area contributed by atoms with E-state index in [1.807, 2.05) is 67.7 Å². The normalized spacial score (nSPS) is 10.7. The van der Waals surface area contributed by atoms with E-state index >= 15 is 0 Å². The summed E-state index contributed by atoms with van der Waals surface area (Å²) in [5.74, 6) is 2.26. The highest BCUT2D eigenvalue weighted by atomic mass is 16.5. The number of pyridine rings is 1. The molecule has 0 saturated heterocycles. The molecule has 2 heterocycles. The van der Waals surface area contributed by atoms with Crippen LogP contribution in [0.2, 0.25) is 0 Å². The van der Waals surface area contributed by atoms with Crippen LogP contribution < -0.4 is 14.8 Å². The molecule has 0 spiro atoms. The second-order valence-corrected chi connectivity index (χ2v) is 6.96. The number of benzene rings is 2. The number of nitrogens with zero attached hydrogens (tertiary/aromatic N) is 4. The van der Waals surface area contributed by atoms with Gasteiger partial charge in [0.15, 0.2) is 17.3 Å². The predicted octanol–water partition coefficient (Wildman–Crippen LogP) is 3.93. The lowest BCUT2D eigenvalue weighted by molar-refractivity contribution is 0.269. The van der Waals surface area contributed by atoms with Gasteiger partial charge in [-0.2, -0.15) is 5.10 Å². The second-order valence-electron chi connectivity index (χ2n) is 6.96. The molecular formula is C24H25N5O2. The van der Waals surface area contributed by atoms with Gasteiger partial charge < -0.3 is 14.8 Å². The first kappa shape index (κ1) is 20.6. The van der Waals surface area contributed by atoms with Crippen LogP contribution in [0.25, 0.3) is 5.82 Å². The van der Waals surface area contributed by atoms with Crippen LogP contribution in [-0.2, 0) is 19.7 Å². The topological polar surface area (TPSA) is 74.1 Å². The molecule has 4 rings (SSSR count). The van der Waals surface area contributed by atoms with Crippen molar-refractivity contribution in [1.82, 2.24) is 25.1 Å². The number of hydrogen-bond acceptors (Lipinski definition) is 6. The molecule has 4 aromatic rings. The zero-order valence-corrected chi connectivity index (χ0v) is 17.4. The number of nitrogens with one attached hydrogen (secondary N) is 1. The highest BCUT2D eigenvalue weighted by molar-refractivity contribution is 5.43. The maximum atomic E-state index is 5.98. The van der Waals surface area contributed by atoms with Crippen molar-refractivity contribution in [2.24, 2.45) is 0 Å². The SMILES string of the molecule is CCOc1cc(CNCc2ccc(-n3cncn3)nc2)ccc1OCc1ccccc1. The fourth-order valence-electron chi connectivity index (χ4n) is 3.12. The van der Waals surface area contributed by atoms with Gasteiger partial charge in [0.1, 0.15) is 19.3 Å². The fourth-order valence-corrected chi connectivity index (χ4v) is 3.12. The first-order valence-corrected chi connectivity index (χ1v) is 10.2. The van der Waals surface area contributed by atoms with Gasteiger partial charge in [0.05, 0.1) is 6.61 Å². The summed E-state index contributed by atoms with van der Waals surface area (Å²) in [6.07, 6.45) is 4.96. The van der Waals surface area contributed by atoms with Gasteiger partial charge in [0.25, 0.3) is 0 Å². The van der Waals surface area contributed by atoms with Gasteiger partial charge in [0.2, 0.25) is 0 Å². The molecule has 1 N–H and O–H groups in total. The third-order valence-corrected chi connectivity index (χ3v) is 4.67. The van der Waals surface area contributed by atoms with Crippen LogP contribution in [0.1, 0.15) is 23.6 Å². The highest BCUT2D eigenvalue weighted by Crippen LogP contribution is 2.29. The molecule has 158 valence electrons.